The summed E-state index contributed by atoms with van der Waals surface area (Å²) in [6, 6.07) is 42.4. The molecule has 3 aromatic heterocycles. The van der Waals surface area contributed by atoms with Crippen LogP contribution in [0.5, 0.6) is 23.0 Å². The second kappa shape index (κ2) is 15.8. The van der Waals surface area contributed by atoms with Crippen LogP contribution in [0.3, 0.4) is 0 Å². The monoisotopic (exact) mass is 697 g/mol. The number of ether oxygens (including phenoxy) is 3. The number of rotatable bonds is 9. The summed E-state index contributed by atoms with van der Waals surface area (Å²) in [5.74, 6) is 2.66. The van der Waals surface area contributed by atoms with Crippen molar-refractivity contribution in [2.75, 3.05) is 0 Å². The molecule has 1 aliphatic carbocycles. The quantitative estimate of drug-likeness (QED) is 0.161. The molecule has 0 spiro atoms. The number of aromatic hydroxyl groups is 1. The lowest BCUT2D eigenvalue weighted by atomic mass is 9.91. The van der Waals surface area contributed by atoms with E-state index in [2.05, 4.69) is 69.5 Å². The second-order valence-corrected chi connectivity index (χ2v) is 13.2. The molecular formula is C46H39N3O4. The van der Waals surface area contributed by atoms with Crippen molar-refractivity contribution in [2.45, 2.75) is 45.5 Å². The van der Waals surface area contributed by atoms with Gasteiger partial charge >= 0.3 is 0 Å². The molecule has 7 aromatic rings. The Morgan fingerprint density at radius 3 is 0.925 bits per heavy atom. The Bertz CT molecular complexity index is 2180. The smallest absolute Gasteiger partial charge is 0.130 e. The zero-order valence-electron chi connectivity index (χ0n) is 29.3. The number of fused-ring (bicyclic) bond motifs is 8. The number of hydrogen-bond acceptors (Lipinski definition) is 7. The van der Waals surface area contributed by atoms with Crippen LogP contribution in [0.15, 0.2) is 146 Å². The highest BCUT2D eigenvalue weighted by Gasteiger charge is 2.21. The number of benzene rings is 4. The third-order valence-electron chi connectivity index (χ3n) is 9.53. The summed E-state index contributed by atoms with van der Waals surface area (Å²) in [6.45, 7) is 0.955. The molecule has 0 atom stereocenters. The molecule has 4 aromatic carbocycles. The molecule has 1 N–H and O–H groups in total. The zero-order valence-corrected chi connectivity index (χ0v) is 29.3. The van der Waals surface area contributed by atoms with E-state index in [0.29, 0.717) is 45.5 Å². The van der Waals surface area contributed by atoms with Gasteiger partial charge in [0.15, 0.2) is 0 Å². The van der Waals surface area contributed by atoms with Crippen LogP contribution < -0.4 is 14.2 Å². The maximum Gasteiger partial charge on any atom is 0.130 e. The van der Waals surface area contributed by atoms with Crippen LogP contribution in [0.4, 0.5) is 0 Å². The molecule has 7 heteroatoms. The summed E-state index contributed by atoms with van der Waals surface area (Å²) in [4.78, 5) is 13.6. The average Bonchev–Trinajstić information content (AvgIpc) is 3.19. The minimum atomic E-state index is 0.275. The first-order valence-electron chi connectivity index (χ1n) is 17.9. The standard InChI is InChI=1S/C46H39N3O4/c50-43-32-11-7-12-33(43)26-35-14-9-16-37(45(35)52-30-41-20-2-5-23-48-41)28-39-18-10-17-38(46(39)53-31-42-21-3-6-24-49-42)27-36-15-8-13-34(25-32)44(36)51-29-40-19-1-4-22-47-40/h1-24,50H,25-31H2. The van der Waals surface area contributed by atoms with E-state index in [1.54, 1.807) is 18.6 Å². The van der Waals surface area contributed by atoms with Crippen molar-refractivity contribution >= 4 is 0 Å². The number of phenolic OH excluding ortho intramolecular Hbond substituents is 1. The molecule has 1 aliphatic rings. The number of phenols is 1. The first-order valence-corrected chi connectivity index (χ1v) is 17.9. The summed E-state index contributed by atoms with van der Waals surface area (Å²) in [7, 11) is 0. The third-order valence-corrected chi connectivity index (χ3v) is 9.53. The molecule has 53 heavy (non-hydrogen) atoms. The molecule has 0 aliphatic heterocycles. The molecule has 7 nitrogen and oxygen atoms in total. The van der Waals surface area contributed by atoms with Crippen LogP contribution in [0, 0.1) is 0 Å². The lowest BCUT2D eigenvalue weighted by Crippen LogP contribution is -2.09. The molecule has 0 saturated heterocycles. The highest BCUT2D eigenvalue weighted by Crippen LogP contribution is 2.39. The minimum Gasteiger partial charge on any atom is -0.507 e. The molecule has 8 rings (SSSR count). The van der Waals surface area contributed by atoms with E-state index in [1.807, 2.05) is 72.8 Å². The molecule has 0 fully saturated rings. The van der Waals surface area contributed by atoms with Crippen LogP contribution in [-0.2, 0) is 45.5 Å². The SMILES string of the molecule is Oc1c2cccc1Cc1cccc(c1OCc1ccccn1)Cc1cccc(c1OCc1ccccn1)Cc1cccc(c1OCc1ccccn1)C2. The zero-order chi connectivity index (χ0) is 35.8. The molecular weight excluding hydrogens is 659 g/mol. The van der Waals surface area contributed by atoms with Gasteiger partial charge < -0.3 is 19.3 Å². The van der Waals surface area contributed by atoms with Gasteiger partial charge in [-0.05, 0) is 80.9 Å². The number of nitrogens with zero attached hydrogens (tertiary/aromatic N) is 3. The molecule has 0 amide bonds. The first kappa shape index (κ1) is 33.7. The lowest BCUT2D eigenvalue weighted by Gasteiger charge is -2.22. The van der Waals surface area contributed by atoms with Gasteiger partial charge in [0, 0.05) is 44.3 Å². The van der Waals surface area contributed by atoms with Crippen molar-refractivity contribution in [1.82, 2.24) is 15.0 Å². The Labute approximate surface area is 309 Å². The molecule has 0 saturated carbocycles. The van der Waals surface area contributed by atoms with E-state index in [9.17, 15) is 5.11 Å². The number of para-hydroxylation sites is 4. The fourth-order valence-corrected chi connectivity index (χ4v) is 6.94. The Hall–Kier alpha value is -6.47. The fourth-order valence-electron chi connectivity index (χ4n) is 6.94. The summed E-state index contributed by atoms with van der Waals surface area (Å²) >= 11 is 0. The summed E-state index contributed by atoms with van der Waals surface area (Å²) in [5, 5.41) is 11.8. The van der Waals surface area contributed by atoms with Gasteiger partial charge in [0.05, 0.1) is 17.1 Å². The molecule has 0 radical (unpaired) electrons. The topological polar surface area (TPSA) is 86.6 Å². The predicted molar refractivity (Wildman–Crippen MR) is 204 cm³/mol. The van der Waals surface area contributed by atoms with E-state index in [-0.39, 0.29) is 5.75 Å². The van der Waals surface area contributed by atoms with Gasteiger partial charge in [0.25, 0.3) is 0 Å². The van der Waals surface area contributed by atoms with Crippen molar-refractivity contribution in [2.24, 2.45) is 0 Å². The van der Waals surface area contributed by atoms with Gasteiger partial charge in [-0.2, -0.15) is 0 Å². The number of pyridine rings is 3. The average molecular weight is 698 g/mol. The largest absolute Gasteiger partial charge is 0.507 e. The Kier molecular flexibility index (Phi) is 10.1. The number of aromatic nitrogens is 3. The first-order chi connectivity index (χ1) is 26.2. The lowest BCUT2D eigenvalue weighted by molar-refractivity contribution is 0.290. The van der Waals surface area contributed by atoms with E-state index in [4.69, 9.17) is 14.2 Å². The van der Waals surface area contributed by atoms with Gasteiger partial charge in [-0.3, -0.25) is 15.0 Å². The Balaban J connectivity index is 1.26. The van der Waals surface area contributed by atoms with Crippen molar-refractivity contribution in [1.29, 1.82) is 0 Å². The normalized spacial score (nSPS) is 12.2. The predicted octanol–water partition coefficient (Wildman–Crippen LogP) is 8.99. The maximum absolute atomic E-state index is 11.8. The van der Waals surface area contributed by atoms with Crippen molar-refractivity contribution in [3.05, 3.63) is 208 Å². The van der Waals surface area contributed by atoms with Gasteiger partial charge in [-0.25, -0.2) is 0 Å². The van der Waals surface area contributed by atoms with Gasteiger partial charge in [-0.1, -0.05) is 91.0 Å². The fraction of sp³-hybridized carbons (Fsp3) is 0.152. The van der Waals surface area contributed by atoms with Crippen LogP contribution in [0.2, 0.25) is 0 Å². The highest BCUT2D eigenvalue weighted by atomic mass is 16.5. The molecule has 3 heterocycles. The minimum absolute atomic E-state index is 0.275. The van der Waals surface area contributed by atoms with Gasteiger partial charge in [0.2, 0.25) is 0 Å². The number of hydrogen-bond donors (Lipinski definition) is 1. The summed E-state index contributed by atoms with van der Waals surface area (Å²) < 4.78 is 20.0. The molecule has 262 valence electrons. The van der Waals surface area contributed by atoms with Crippen LogP contribution in [0.25, 0.3) is 0 Å². The van der Waals surface area contributed by atoms with Crippen LogP contribution in [0.1, 0.15) is 61.6 Å². The van der Waals surface area contributed by atoms with Crippen molar-refractivity contribution in [3.8, 4) is 23.0 Å². The van der Waals surface area contributed by atoms with Crippen molar-refractivity contribution in [3.63, 3.8) is 0 Å². The summed E-state index contributed by atoms with van der Waals surface area (Å²) in [6.07, 6.45) is 7.43. The summed E-state index contributed by atoms with van der Waals surface area (Å²) in [5.41, 5.74) is 10.2. The van der Waals surface area contributed by atoms with E-state index in [0.717, 1.165) is 78.8 Å². The Morgan fingerprint density at radius 1 is 0.358 bits per heavy atom. The Morgan fingerprint density at radius 2 is 0.642 bits per heavy atom. The molecule has 8 bridgehead atoms. The van der Waals surface area contributed by atoms with Gasteiger partial charge in [0.1, 0.15) is 42.8 Å². The molecule has 0 unspecified atom stereocenters. The van der Waals surface area contributed by atoms with Crippen LogP contribution >= 0.6 is 0 Å². The third kappa shape index (κ3) is 7.90. The van der Waals surface area contributed by atoms with E-state index >= 15 is 0 Å². The maximum atomic E-state index is 11.8. The second-order valence-electron chi connectivity index (χ2n) is 13.2. The highest BCUT2D eigenvalue weighted by molar-refractivity contribution is 5.55. The van der Waals surface area contributed by atoms with Crippen LogP contribution in [-0.4, -0.2) is 20.1 Å². The van der Waals surface area contributed by atoms with E-state index in [1.165, 1.54) is 0 Å². The van der Waals surface area contributed by atoms with Crippen molar-refractivity contribution < 1.29 is 19.3 Å². The van der Waals surface area contributed by atoms with Gasteiger partial charge in [-0.15, -0.1) is 0 Å². The van der Waals surface area contributed by atoms with E-state index < -0.39 is 0 Å².